The molecule has 0 saturated carbocycles. The van der Waals surface area contributed by atoms with Crippen molar-refractivity contribution in [2.45, 2.75) is 38.0 Å². The molecule has 0 aromatic carbocycles. The molecule has 0 radical (unpaired) electrons. The zero-order valence-electron chi connectivity index (χ0n) is 11.6. The molecule has 22 heavy (non-hydrogen) atoms. The lowest BCUT2D eigenvalue weighted by Gasteiger charge is -2.40. The Labute approximate surface area is 129 Å². The number of nitrogens with one attached hydrogen (secondary N) is 1. The van der Waals surface area contributed by atoms with E-state index in [1.807, 2.05) is 0 Å². The van der Waals surface area contributed by atoms with Crippen molar-refractivity contribution >= 4 is 23.4 Å². The van der Waals surface area contributed by atoms with Gasteiger partial charge in [-0.1, -0.05) is 0 Å². The third-order valence-electron chi connectivity index (χ3n) is 3.48. The second-order valence-electron chi connectivity index (χ2n) is 5.10. The molecule has 2 heterocycles. The number of amides is 2. The molecule has 1 aliphatic rings. The van der Waals surface area contributed by atoms with Crippen LogP contribution in [-0.2, 0) is 4.79 Å². The van der Waals surface area contributed by atoms with Gasteiger partial charge in [-0.05, 0) is 30.5 Å². The lowest BCUT2D eigenvalue weighted by atomic mass is 9.97. The van der Waals surface area contributed by atoms with E-state index in [9.17, 15) is 22.8 Å². The van der Waals surface area contributed by atoms with E-state index in [2.05, 4.69) is 5.32 Å². The van der Waals surface area contributed by atoms with Gasteiger partial charge in [0.05, 0.1) is 11.8 Å². The molecule has 1 aromatic rings. The summed E-state index contributed by atoms with van der Waals surface area (Å²) in [6, 6.07) is -1.21. The number of carbonyl (C=O) groups excluding carboxylic acids is 2. The van der Waals surface area contributed by atoms with E-state index in [0.717, 1.165) is 6.26 Å². The van der Waals surface area contributed by atoms with E-state index >= 15 is 0 Å². The molecule has 5 nitrogen and oxygen atoms in total. The monoisotopic (exact) mass is 338 g/mol. The smallest absolute Gasteiger partial charge is 0.408 e. The van der Waals surface area contributed by atoms with Gasteiger partial charge in [-0.15, -0.1) is 0 Å². The van der Waals surface area contributed by atoms with Gasteiger partial charge in [0.2, 0.25) is 11.1 Å². The topological polar surface area (TPSA) is 62.6 Å². The van der Waals surface area contributed by atoms with Crippen molar-refractivity contribution in [1.29, 1.82) is 0 Å². The SMILES string of the molecule is CC(=O)NC1CCC(C(F)(F)F)N(C(=O)c2ccoc2Cl)C1. The fraction of sp³-hybridized carbons (Fsp3) is 0.538. The van der Waals surface area contributed by atoms with Crippen LogP contribution in [0.3, 0.4) is 0 Å². The first-order chi connectivity index (χ1) is 10.2. The van der Waals surface area contributed by atoms with E-state index in [4.69, 9.17) is 16.0 Å². The van der Waals surface area contributed by atoms with Crippen LogP contribution in [0.2, 0.25) is 5.22 Å². The Kier molecular flexibility index (Phi) is 4.69. The van der Waals surface area contributed by atoms with Crippen molar-refractivity contribution in [1.82, 2.24) is 10.2 Å². The minimum atomic E-state index is -4.55. The Hall–Kier alpha value is -1.70. The quantitative estimate of drug-likeness (QED) is 0.901. The number of rotatable bonds is 2. The molecule has 9 heteroatoms. The highest BCUT2D eigenvalue weighted by Crippen LogP contribution is 2.33. The molecule has 2 rings (SSSR count). The van der Waals surface area contributed by atoms with Crippen LogP contribution in [0, 0.1) is 0 Å². The maximum atomic E-state index is 13.1. The second kappa shape index (κ2) is 6.20. The summed E-state index contributed by atoms with van der Waals surface area (Å²) in [5, 5.41) is 2.29. The van der Waals surface area contributed by atoms with Crippen LogP contribution in [0.15, 0.2) is 16.7 Å². The Bertz CT molecular complexity index is 573. The average Bonchev–Trinajstić information content (AvgIpc) is 2.82. The Morgan fingerprint density at radius 1 is 1.41 bits per heavy atom. The largest absolute Gasteiger partial charge is 0.452 e. The highest BCUT2D eigenvalue weighted by Gasteiger charge is 2.48. The van der Waals surface area contributed by atoms with Gasteiger partial charge in [0.1, 0.15) is 6.04 Å². The molecule has 1 aromatic heterocycles. The number of likely N-dealkylation sites (tertiary alicyclic amines) is 1. The summed E-state index contributed by atoms with van der Waals surface area (Å²) in [4.78, 5) is 24.1. The summed E-state index contributed by atoms with van der Waals surface area (Å²) in [6.07, 6.45) is -3.55. The predicted molar refractivity (Wildman–Crippen MR) is 71.4 cm³/mol. The van der Waals surface area contributed by atoms with Gasteiger partial charge in [-0.2, -0.15) is 13.2 Å². The summed E-state index contributed by atoms with van der Waals surface area (Å²) in [6.45, 7) is 1.04. The molecule has 0 bridgehead atoms. The molecular weight excluding hydrogens is 325 g/mol. The fourth-order valence-corrected chi connectivity index (χ4v) is 2.74. The maximum Gasteiger partial charge on any atom is 0.408 e. The predicted octanol–water partition coefficient (Wildman–Crippen LogP) is 2.60. The normalized spacial score (nSPS) is 22.5. The lowest BCUT2D eigenvalue weighted by Crippen LogP contribution is -2.58. The molecule has 2 amide bonds. The molecular formula is C13H14ClF3N2O3. The number of alkyl halides is 3. The molecule has 1 N–H and O–H groups in total. The van der Waals surface area contributed by atoms with E-state index in [1.54, 1.807) is 0 Å². The van der Waals surface area contributed by atoms with Crippen molar-refractivity contribution < 1.29 is 27.2 Å². The van der Waals surface area contributed by atoms with Crippen LogP contribution < -0.4 is 5.32 Å². The van der Waals surface area contributed by atoms with Crippen molar-refractivity contribution in [2.24, 2.45) is 0 Å². The summed E-state index contributed by atoms with van der Waals surface area (Å²) < 4.78 is 44.2. The van der Waals surface area contributed by atoms with E-state index in [0.29, 0.717) is 4.90 Å². The molecule has 2 unspecified atom stereocenters. The van der Waals surface area contributed by atoms with Crippen LogP contribution in [0.5, 0.6) is 0 Å². The standard InChI is InChI=1S/C13H14ClF3N2O3/c1-7(20)18-8-2-3-10(13(15,16)17)19(6-8)12(21)9-4-5-22-11(9)14/h4-5,8,10H,2-3,6H2,1H3,(H,18,20). The van der Waals surface area contributed by atoms with Crippen LogP contribution >= 0.6 is 11.6 Å². The van der Waals surface area contributed by atoms with E-state index in [1.165, 1.54) is 13.0 Å². The maximum absolute atomic E-state index is 13.1. The van der Waals surface area contributed by atoms with Gasteiger partial charge in [0.25, 0.3) is 5.91 Å². The summed E-state index contributed by atoms with van der Waals surface area (Å²) in [5.74, 6) is -1.22. The number of carbonyl (C=O) groups is 2. The average molecular weight is 339 g/mol. The van der Waals surface area contributed by atoms with Crippen molar-refractivity contribution in [3.8, 4) is 0 Å². The third kappa shape index (κ3) is 3.55. The fourth-order valence-electron chi connectivity index (χ4n) is 2.54. The van der Waals surface area contributed by atoms with Crippen molar-refractivity contribution in [3.63, 3.8) is 0 Å². The molecule has 1 fully saturated rings. The van der Waals surface area contributed by atoms with Crippen molar-refractivity contribution in [2.75, 3.05) is 6.54 Å². The molecule has 1 aliphatic heterocycles. The van der Waals surface area contributed by atoms with Gasteiger partial charge in [-0.3, -0.25) is 9.59 Å². The second-order valence-corrected chi connectivity index (χ2v) is 5.44. The first kappa shape index (κ1) is 16.7. The molecule has 122 valence electrons. The number of hydrogen-bond donors (Lipinski definition) is 1. The van der Waals surface area contributed by atoms with Crippen LogP contribution in [0.25, 0.3) is 0 Å². The Morgan fingerprint density at radius 3 is 2.59 bits per heavy atom. The van der Waals surface area contributed by atoms with Gasteiger partial charge in [0, 0.05) is 19.5 Å². The molecule has 2 atom stereocenters. The zero-order valence-corrected chi connectivity index (χ0v) is 12.4. The van der Waals surface area contributed by atoms with Gasteiger partial charge < -0.3 is 14.6 Å². The lowest BCUT2D eigenvalue weighted by molar-refractivity contribution is -0.184. The summed E-state index contributed by atoms with van der Waals surface area (Å²) >= 11 is 5.67. The zero-order chi connectivity index (χ0) is 16.5. The van der Waals surface area contributed by atoms with Crippen LogP contribution in [0.4, 0.5) is 13.2 Å². The Morgan fingerprint density at radius 2 is 2.09 bits per heavy atom. The minimum Gasteiger partial charge on any atom is -0.452 e. The van der Waals surface area contributed by atoms with Gasteiger partial charge in [-0.25, -0.2) is 0 Å². The first-order valence-corrected chi connectivity index (χ1v) is 6.95. The van der Waals surface area contributed by atoms with E-state index < -0.39 is 24.2 Å². The summed E-state index contributed by atoms with van der Waals surface area (Å²) in [5.41, 5.74) is -0.126. The molecule has 1 saturated heterocycles. The number of hydrogen-bond acceptors (Lipinski definition) is 3. The van der Waals surface area contributed by atoms with Gasteiger partial charge >= 0.3 is 6.18 Å². The minimum absolute atomic E-state index is 0.126. The number of halogens is 4. The highest BCUT2D eigenvalue weighted by molar-refractivity contribution is 6.32. The number of piperidine rings is 1. The van der Waals surface area contributed by atoms with E-state index in [-0.39, 0.29) is 36.1 Å². The highest BCUT2D eigenvalue weighted by atomic mass is 35.5. The van der Waals surface area contributed by atoms with Crippen LogP contribution in [-0.4, -0.2) is 41.5 Å². The molecule has 0 aliphatic carbocycles. The Balaban J connectivity index is 2.25. The first-order valence-electron chi connectivity index (χ1n) is 6.58. The third-order valence-corrected chi connectivity index (χ3v) is 3.77. The molecule has 0 spiro atoms. The van der Waals surface area contributed by atoms with Crippen LogP contribution in [0.1, 0.15) is 30.1 Å². The number of nitrogens with zero attached hydrogens (tertiary/aromatic N) is 1. The van der Waals surface area contributed by atoms with Gasteiger partial charge in [0.15, 0.2) is 0 Å². The number of furan rings is 1. The van der Waals surface area contributed by atoms with Crippen molar-refractivity contribution in [3.05, 3.63) is 23.1 Å². The summed E-state index contributed by atoms with van der Waals surface area (Å²) in [7, 11) is 0.